The number of hydrogen-bond donors (Lipinski definition) is 0. The topological polar surface area (TPSA) is 32.3 Å². The van der Waals surface area contributed by atoms with Crippen molar-refractivity contribution >= 4 is 45.2 Å². The number of nitrogens with zero attached hydrogens (tertiary/aromatic N) is 4. The van der Waals surface area contributed by atoms with Gasteiger partial charge in [-0.1, -0.05) is 164 Å². The van der Waals surface area contributed by atoms with Gasteiger partial charge in [-0.25, -0.2) is 9.97 Å². The summed E-state index contributed by atoms with van der Waals surface area (Å²) in [4.78, 5) is 15.5. The molecule has 0 bridgehead atoms. The molecule has 0 unspecified atom stereocenters. The Labute approximate surface area is 351 Å². The van der Waals surface area contributed by atoms with Gasteiger partial charge in [-0.3, -0.25) is 0 Å². The van der Waals surface area contributed by atoms with E-state index in [2.05, 4.69) is 246 Å². The number of aromatic nitrogens is 2. The quantitative estimate of drug-likeness (QED) is 0.139. The van der Waals surface area contributed by atoms with Crippen LogP contribution in [0.3, 0.4) is 0 Å². The van der Waals surface area contributed by atoms with Crippen LogP contribution < -0.4 is 9.80 Å². The minimum Gasteiger partial charge on any atom is -0.311 e. The minimum atomic E-state index is 0.836. The van der Waals surface area contributed by atoms with Crippen molar-refractivity contribution in [2.45, 2.75) is 0 Å². The van der Waals surface area contributed by atoms with Crippen molar-refractivity contribution in [2.75, 3.05) is 9.80 Å². The summed E-state index contributed by atoms with van der Waals surface area (Å²) in [6, 6.07) is 84.9. The van der Waals surface area contributed by atoms with Gasteiger partial charge in [-0.15, -0.1) is 0 Å². The molecule has 0 amide bonds. The molecule has 1 heterocycles. The maximum Gasteiger partial charge on any atom is 0.0973 e. The highest BCUT2D eigenvalue weighted by atomic mass is 15.2. The third kappa shape index (κ3) is 7.19. The molecule has 0 saturated carbocycles. The van der Waals surface area contributed by atoms with Crippen molar-refractivity contribution < 1.29 is 0 Å². The second-order valence-corrected chi connectivity index (χ2v) is 14.6. The summed E-state index contributed by atoms with van der Waals surface area (Å²) < 4.78 is 0. The summed E-state index contributed by atoms with van der Waals surface area (Å²) in [5.41, 5.74) is 16.3. The van der Waals surface area contributed by atoms with Crippen LogP contribution in [0.15, 0.2) is 243 Å². The molecular formula is C56H40N4. The van der Waals surface area contributed by atoms with Gasteiger partial charge in [0.15, 0.2) is 0 Å². The zero-order chi connectivity index (χ0) is 40.1. The fourth-order valence-corrected chi connectivity index (χ4v) is 8.03. The molecule has 9 aromatic carbocycles. The number of anilines is 6. The first kappa shape index (κ1) is 36.3. The largest absolute Gasteiger partial charge is 0.311 e. The van der Waals surface area contributed by atoms with Crippen molar-refractivity contribution in [1.29, 1.82) is 0 Å². The third-order valence-electron chi connectivity index (χ3n) is 10.9. The van der Waals surface area contributed by atoms with Gasteiger partial charge in [0.2, 0.25) is 0 Å². The molecule has 0 spiro atoms. The second-order valence-electron chi connectivity index (χ2n) is 14.6. The van der Waals surface area contributed by atoms with Gasteiger partial charge in [0.25, 0.3) is 0 Å². The highest BCUT2D eigenvalue weighted by Gasteiger charge is 2.20. The number of fused-ring (bicyclic) bond motifs is 1. The molecule has 10 rings (SSSR count). The van der Waals surface area contributed by atoms with Crippen molar-refractivity contribution in [3.05, 3.63) is 243 Å². The van der Waals surface area contributed by atoms with Crippen molar-refractivity contribution in [2.24, 2.45) is 0 Å². The van der Waals surface area contributed by atoms with E-state index >= 15 is 0 Å². The summed E-state index contributed by atoms with van der Waals surface area (Å²) in [5, 5.41) is 0. The van der Waals surface area contributed by atoms with Crippen molar-refractivity contribution in [3.8, 4) is 44.8 Å². The van der Waals surface area contributed by atoms with Crippen molar-refractivity contribution in [3.63, 3.8) is 0 Å². The Morgan fingerprint density at radius 3 is 1.08 bits per heavy atom. The van der Waals surface area contributed by atoms with E-state index in [1.54, 1.807) is 0 Å². The Kier molecular flexibility index (Phi) is 9.92. The molecule has 0 atom stereocenters. The molecule has 4 nitrogen and oxygen atoms in total. The lowest BCUT2D eigenvalue weighted by Gasteiger charge is -2.28. The summed E-state index contributed by atoms with van der Waals surface area (Å²) in [7, 11) is 0. The van der Waals surface area contributed by atoms with Crippen molar-refractivity contribution in [1.82, 2.24) is 9.97 Å². The Hall–Kier alpha value is -8.08. The monoisotopic (exact) mass is 768 g/mol. The fraction of sp³-hybridized carbons (Fsp3) is 0. The Morgan fingerprint density at radius 1 is 0.233 bits per heavy atom. The predicted molar refractivity (Wildman–Crippen MR) is 251 cm³/mol. The predicted octanol–water partition coefficient (Wildman–Crippen LogP) is 15.2. The van der Waals surface area contributed by atoms with Gasteiger partial charge in [0, 0.05) is 50.8 Å². The molecule has 0 fully saturated rings. The summed E-state index contributed by atoms with van der Waals surface area (Å²) >= 11 is 0. The Morgan fingerprint density at radius 2 is 0.583 bits per heavy atom. The van der Waals surface area contributed by atoms with Gasteiger partial charge in [-0.05, 0) is 95.6 Å². The standard InChI is InChI=1S/C56H40N4/c1-6-19-41(20-7-1)50-29-16-17-30-51(50)52-31-18-32-53-56(52)58-55(54(57-53)42-21-8-2-9-22-42)43-33-35-47(36-34-43)60(46-27-14-5-15-28-46)49-39-37-48(38-40-49)59(44-23-10-3-11-24-44)45-25-12-4-13-26-45/h1-40H. The van der Waals surface area contributed by atoms with Gasteiger partial charge >= 0.3 is 0 Å². The van der Waals surface area contributed by atoms with E-state index in [0.29, 0.717) is 0 Å². The van der Waals surface area contributed by atoms with E-state index < -0.39 is 0 Å². The fourth-order valence-electron chi connectivity index (χ4n) is 8.03. The molecule has 0 aliphatic rings. The van der Waals surface area contributed by atoms with Crippen LogP contribution >= 0.6 is 0 Å². The number of hydrogen-bond acceptors (Lipinski definition) is 4. The van der Waals surface area contributed by atoms with E-state index in [0.717, 1.165) is 89.9 Å². The Bertz CT molecular complexity index is 2950. The molecule has 10 aromatic rings. The summed E-state index contributed by atoms with van der Waals surface area (Å²) in [5.74, 6) is 0. The van der Waals surface area contributed by atoms with Gasteiger partial charge < -0.3 is 9.80 Å². The van der Waals surface area contributed by atoms with Crippen LogP contribution in [0.4, 0.5) is 34.1 Å². The zero-order valence-electron chi connectivity index (χ0n) is 32.9. The lowest BCUT2D eigenvalue weighted by molar-refractivity contribution is 1.25. The molecule has 0 aliphatic heterocycles. The lowest BCUT2D eigenvalue weighted by atomic mass is 9.93. The van der Waals surface area contributed by atoms with Gasteiger partial charge in [-0.2, -0.15) is 0 Å². The lowest BCUT2D eigenvalue weighted by Crippen LogP contribution is -2.12. The second kappa shape index (κ2) is 16.4. The average Bonchev–Trinajstić information content (AvgIpc) is 3.33. The molecule has 60 heavy (non-hydrogen) atoms. The first-order chi connectivity index (χ1) is 29.8. The van der Waals surface area contributed by atoms with E-state index in [-0.39, 0.29) is 0 Å². The van der Waals surface area contributed by atoms with Gasteiger partial charge in [0.1, 0.15) is 0 Å². The van der Waals surface area contributed by atoms with Crippen LogP contribution in [0, 0.1) is 0 Å². The molecule has 4 heteroatoms. The number of rotatable bonds is 10. The SMILES string of the molecule is c1ccc(-c2ccccc2-c2cccc3nc(-c4ccccc4)c(-c4ccc(N(c5ccccc5)c5ccc(N(c6ccccc6)c6ccccc6)cc5)cc4)nc23)cc1. The van der Waals surface area contributed by atoms with Gasteiger partial charge in [0.05, 0.1) is 22.4 Å². The Balaban J connectivity index is 1.07. The molecule has 0 aliphatic carbocycles. The van der Waals surface area contributed by atoms with E-state index in [1.807, 2.05) is 6.07 Å². The summed E-state index contributed by atoms with van der Waals surface area (Å²) in [6.07, 6.45) is 0. The van der Waals surface area contributed by atoms with Crippen LogP contribution in [0.25, 0.3) is 55.8 Å². The average molecular weight is 769 g/mol. The molecule has 1 aromatic heterocycles. The third-order valence-corrected chi connectivity index (χ3v) is 10.9. The summed E-state index contributed by atoms with van der Waals surface area (Å²) in [6.45, 7) is 0. The maximum atomic E-state index is 5.52. The molecule has 0 radical (unpaired) electrons. The first-order valence-corrected chi connectivity index (χ1v) is 20.3. The molecule has 0 saturated heterocycles. The molecular weight excluding hydrogens is 729 g/mol. The molecule has 284 valence electrons. The van der Waals surface area contributed by atoms with E-state index in [9.17, 15) is 0 Å². The normalized spacial score (nSPS) is 11.0. The van der Waals surface area contributed by atoms with Crippen LogP contribution in [0.5, 0.6) is 0 Å². The van der Waals surface area contributed by atoms with Crippen LogP contribution in [0.2, 0.25) is 0 Å². The smallest absolute Gasteiger partial charge is 0.0973 e. The maximum absolute atomic E-state index is 5.52. The highest BCUT2D eigenvalue weighted by molar-refractivity contribution is 5.99. The minimum absolute atomic E-state index is 0.836. The van der Waals surface area contributed by atoms with Crippen LogP contribution in [-0.4, -0.2) is 9.97 Å². The number of para-hydroxylation sites is 4. The van der Waals surface area contributed by atoms with E-state index in [4.69, 9.17) is 9.97 Å². The van der Waals surface area contributed by atoms with Crippen LogP contribution in [-0.2, 0) is 0 Å². The van der Waals surface area contributed by atoms with E-state index in [1.165, 1.54) is 0 Å². The zero-order valence-corrected chi connectivity index (χ0v) is 32.9. The first-order valence-electron chi connectivity index (χ1n) is 20.3. The van der Waals surface area contributed by atoms with Crippen LogP contribution in [0.1, 0.15) is 0 Å². The highest BCUT2D eigenvalue weighted by Crippen LogP contribution is 2.41. The molecule has 0 N–H and O–H groups in total. The number of benzene rings is 9.